The van der Waals surface area contributed by atoms with Crippen LogP contribution in [0.15, 0.2) is 18.2 Å². The second-order valence-corrected chi connectivity index (χ2v) is 4.39. The Labute approximate surface area is 90.1 Å². The van der Waals surface area contributed by atoms with Crippen LogP contribution in [0.25, 0.3) is 0 Å². The monoisotopic (exact) mass is 208 g/mol. The molecule has 3 heteroatoms. The van der Waals surface area contributed by atoms with Crippen molar-refractivity contribution in [3.8, 4) is 0 Å². The molecule has 0 spiro atoms. The summed E-state index contributed by atoms with van der Waals surface area (Å²) in [5.74, 6) is -0.181. The maximum absolute atomic E-state index is 13.1. The maximum Gasteiger partial charge on any atom is 0.125 e. The molecule has 82 valence electrons. The van der Waals surface area contributed by atoms with E-state index in [9.17, 15) is 4.39 Å². The van der Waals surface area contributed by atoms with E-state index in [1.54, 1.807) is 6.07 Å². The fraction of sp³-hybridized carbons (Fsp3) is 0.500. The van der Waals surface area contributed by atoms with Crippen LogP contribution in [0.1, 0.15) is 20.8 Å². The lowest BCUT2D eigenvalue weighted by Gasteiger charge is -2.40. The van der Waals surface area contributed by atoms with Crippen molar-refractivity contribution in [1.29, 1.82) is 0 Å². The lowest BCUT2D eigenvalue weighted by atomic mass is 10.1. The van der Waals surface area contributed by atoms with Crippen LogP contribution in [0.4, 0.5) is 15.8 Å². The van der Waals surface area contributed by atoms with Crippen LogP contribution >= 0.6 is 0 Å². The highest BCUT2D eigenvalue weighted by molar-refractivity contribution is 5.73. The van der Waals surface area contributed by atoms with Gasteiger partial charge in [-0.15, -0.1) is 0 Å². The molecule has 0 aromatic heterocycles. The third-order valence-corrected chi connectivity index (χ3v) is 2.86. The predicted octanol–water partition coefficient (Wildman–Crippen LogP) is 2.85. The molecule has 1 N–H and O–H groups in total. The number of rotatable bonds is 1. The van der Waals surface area contributed by atoms with E-state index >= 15 is 0 Å². The molecule has 1 aromatic carbocycles. The summed E-state index contributed by atoms with van der Waals surface area (Å²) in [4.78, 5) is 2.32. The minimum Gasteiger partial charge on any atom is -0.381 e. The molecule has 0 aliphatic carbocycles. The zero-order chi connectivity index (χ0) is 11.0. The third kappa shape index (κ3) is 1.78. The van der Waals surface area contributed by atoms with Crippen molar-refractivity contribution in [1.82, 2.24) is 0 Å². The van der Waals surface area contributed by atoms with E-state index in [2.05, 4.69) is 31.0 Å². The minimum absolute atomic E-state index is 0.181. The fourth-order valence-corrected chi connectivity index (χ4v) is 2.26. The molecule has 0 radical (unpaired) electrons. The summed E-state index contributed by atoms with van der Waals surface area (Å²) in [6.07, 6.45) is 0. The van der Waals surface area contributed by atoms with Gasteiger partial charge < -0.3 is 10.2 Å². The molecule has 0 amide bonds. The van der Waals surface area contributed by atoms with Crippen LogP contribution < -0.4 is 10.2 Å². The van der Waals surface area contributed by atoms with Crippen LogP contribution in [-0.2, 0) is 0 Å². The summed E-state index contributed by atoms with van der Waals surface area (Å²) >= 11 is 0. The number of hydrogen-bond acceptors (Lipinski definition) is 2. The van der Waals surface area contributed by atoms with Gasteiger partial charge in [0.25, 0.3) is 0 Å². The Morgan fingerprint density at radius 2 is 2.20 bits per heavy atom. The van der Waals surface area contributed by atoms with Crippen molar-refractivity contribution in [2.75, 3.05) is 16.8 Å². The van der Waals surface area contributed by atoms with Crippen LogP contribution in [-0.4, -0.2) is 18.6 Å². The first-order chi connectivity index (χ1) is 7.09. The molecular weight excluding hydrogens is 191 g/mol. The Bertz CT molecular complexity index is 363. The number of fused-ring (bicyclic) bond motifs is 1. The van der Waals surface area contributed by atoms with Crippen LogP contribution in [0.5, 0.6) is 0 Å². The van der Waals surface area contributed by atoms with E-state index in [-0.39, 0.29) is 5.82 Å². The second kappa shape index (κ2) is 3.72. The Morgan fingerprint density at radius 1 is 1.47 bits per heavy atom. The lowest BCUT2D eigenvalue weighted by Crippen LogP contribution is -2.46. The number of halogens is 1. The highest BCUT2D eigenvalue weighted by Gasteiger charge is 2.24. The van der Waals surface area contributed by atoms with Crippen LogP contribution in [0, 0.1) is 5.82 Å². The van der Waals surface area contributed by atoms with Crippen molar-refractivity contribution < 1.29 is 4.39 Å². The number of hydrogen-bond donors (Lipinski definition) is 1. The van der Waals surface area contributed by atoms with Gasteiger partial charge >= 0.3 is 0 Å². The summed E-state index contributed by atoms with van der Waals surface area (Å²) in [5.41, 5.74) is 2.01. The highest BCUT2D eigenvalue weighted by atomic mass is 19.1. The Balaban J connectivity index is 2.43. The molecule has 1 aliphatic heterocycles. The van der Waals surface area contributed by atoms with Gasteiger partial charge in [-0.2, -0.15) is 0 Å². The Kier molecular flexibility index (Phi) is 2.55. The Hall–Kier alpha value is -1.25. The number of nitrogens with one attached hydrogen (secondary N) is 1. The minimum atomic E-state index is -0.181. The lowest BCUT2D eigenvalue weighted by molar-refractivity contribution is 0.576. The molecule has 1 aliphatic rings. The highest BCUT2D eigenvalue weighted by Crippen LogP contribution is 2.33. The van der Waals surface area contributed by atoms with Crippen LogP contribution in [0.3, 0.4) is 0 Å². The molecule has 15 heavy (non-hydrogen) atoms. The van der Waals surface area contributed by atoms with Gasteiger partial charge in [-0.05, 0) is 39.0 Å². The molecule has 1 aromatic rings. The first-order valence-electron chi connectivity index (χ1n) is 5.41. The SMILES string of the molecule is CC(C)N1c2ccc(F)cc2NCC1C. The molecule has 0 saturated carbocycles. The van der Waals surface area contributed by atoms with E-state index in [1.165, 1.54) is 6.07 Å². The topological polar surface area (TPSA) is 15.3 Å². The van der Waals surface area contributed by atoms with Gasteiger partial charge in [-0.1, -0.05) is 0 Å². The normalized spacial score (nSPS) is 20.1. The number of benzene rings is 1. The molecule has 2 rings (SSSR count). The zero-order valence-corrected chi connectivity index (χ0v) is 9.42. The van der Waals surface area contributed by atoms with Gasteiger partial charge in [0.15, 0.2) is 0 Å². The third-order valence-electron chi connectivity index (χ3n) is 2.86. The van der Waals surface area contributed by atoms with Gasteiger partial charge in [0, 0.05) is 18.6 Å². The van der Waals surface area contributed by atoms with E-state index in [1.807, 2.05) is 6.07 Å². The molecule has 2 nitrogen and oxygen atoms in total. The predicted molar refractivity (Wildman–Crippen MR) is 62.0 cm³/mol. The summed E-state index contributed by atoms with van der Waals surface area (Å²) in [5, 5.41) is 3.26. The van der Waals surface area contributed by atoms with Crippen molar-refractivity contribution in [3.63, 3.8) is 0 Å². The van der Waals surface area contributed by atoms with Gasteiger partial charge in [0.2, 0.25) is 0 Å². The molecule has 0 saturated heterocycles. The summed E-state index contributed by atoms with van der Waals surface area (Å²) < 4.78 is 13.1. The Morgan fingerprint density at radius 3 is 2.87 bits per heavy atom. The summed E-state index contributed by atoms with van der Waals surface area (Å²) in [6, 6.07) is 5.83. The quantitative estimate of drug-likeness (QED) is 0.763. The maximum atomic E-state index is 13.1. The molecule has 1 atom stereocenters. The smallest absolute Gasteiger partial charge is 0.125 e. The molecule has 1 unspecified atom stereocenters. The molecule has 1 heterocycles. The van der Waals surface area contributed by atoms with Crippen molar-refractivity contribution in [2.24, 2.45) is 0 Å². The first-order valence-corrected chi connectivity index (χ1v) is 5.41. The average Bonchev–Trinajstić information content (AvgIpc) is 2.17. The fourth-order valence-electron chi connectivity index (χ4n) is 2.26. The molecule has 0 fully saturated rings. The number of nitrogens with zero attached hydrogens (tertiary/aromatic N) is 1. The van der Waals surface area contributed by atoms with Crippen LogP contribution in [0.2, 0.25) is 0 Å². The van der Waals surface area contributed by atoms with Crippen molar-refractivity contribution in [2.45, 2.75) is 32.9 Å². The van der Waals surface area contributed by atoms with Gasteiger partial charge in [0.1, 0.15) is 5.82 Å². The molecular formula is C12H17FN2. The standard InChI is InChI=1S/C12H17FN2/c1-8(2)15-9(3)7-14-11-6-10(13)4-5-12(11)15/h4-6,8-9,14H,7H2,1-3H3. The number of anilines is 2. The second-order valence-electron chi connectivity index (χ2n) is 4.39. The van der Waals surface area contributed by atoms with Crippen molar-refractivity contribution in [3.05, 3.63) is 24.0 Å². The van der Waals surface area contributed by atoms with E-state index in [4.69, 9.17) is 0 Å². The van der Waals surface area contributed by atoms with E-state index in [0.717, 1.165) is 17.9 Å². The molecule has 0 bridgehead atoms. The first kappa shape index (κ1) is 10.3. The average molecular weight is 208 g/mol. The van der Waals surface area contributed by atoms with Crippen molar-refractivity contribution >= 4 is 11.4 Å². The van der Waals surface area contributed by atoms with E-state index in [0.29, 0.717) is 12.1 Å². The largest absolute Gasteiger partial charge is 0.381 e. The van der Waals surface area contributed by atoms with Gasteiger partial charge in [-0.3, -0.25) is 0 Å². The summed E-state index contributed by atoms with van der Waals surface area (Å²) in [7, 11) is 0. The van der Waals surface area contributed by atoms with E-state index < -0.39 is 0 Å². The van der Waals surface area contributed by atoms with Gasteiger partial charge in [0.05, 0.1) is 11.4 Å². The van der Waals surface area contributed by atoms with Gasteiger partial charge in [-0.25, -0.2) is 4.39 Å². The summed E-state index contributed by atoms with van der Waals surface area (Å²) in [6.45, 7) is 7.37. The zero-order valence-electron chi connectivity index (χ0n) is 9.42.